The number of rotatable bonds is 3. The maximum absolute atomic E-state index is 6.74. The molecule has 1 aliphatic rings. The lowest BCUT2D eigenvalue weighted by molar-refractivity contribution is 0.0616. The van der Waals surface area contributed by atoms with E-state index in [1.54, 1.807) is 6.34 Å². The van der Waals surface area contributed by atoms with Crippen molar-refractivity contribution in [1.29, 1.82) is 5.41 Å². The Balaban J connectivity index is 2.33. The Bertz CT molecular complexity index is 164. The highest BCUT2D eigenvalue weighted by molar-refractivity contribution is 5.69. The largest absolute Gasteiger partial charge is 0.381 e. The zero-order valence-electron chi connectivity index (χ0n) is 7.36. The van der Waals surface area contributed by atoms with Crippen LogP contribution in [0.2, 0.25) is 0 Å². The van der Waals surface area contributed by atoms with Gasteiger partial charge in [-0.2, -0.15) is 0 Å². The van der Waals surface area contributed by atoms with Crippen molar-refractivity contribution in [1.82, 2.24) is 4.90 Å². The van der Waals surface area contributed by atoms with Crippen molar-refractivity contribution in [2.45, 2.75) is 18.9 Å². The van der Waals surface area contributed by atoms with Crippen LogP contribution in [0.3, 0.4) is 0 Å². The average molecular weight is 169 g/mol. The van der Waals surface area contributed by atoms with Gasteiger partial charge in [0.1, 0.15) is 6.34 Å². The van der Waals surface area contributed by atoms with Gasteiger partial charge in [-0.3, -0.25) is 5.41 Å². The summed E-state index contributed by atoms with van der Waals surface area (Å²) in [7, 11) is 1.99. The number of ether oxygens (including phenoxy) is 1. The highest BCUT2D eigenvalue weighted by Gasteiger charge is 2.15. The first-order valence-corrected chi connectivity index (χ1v) is 4.16. The SMILES string of the molecule is CN(C=NC=N)C1CCOCC1. The van der Waals surface area contributed by atoms with E-state index in [-0.39, 0.29) is 0 Å². The Morgan fingerprint density at radius 3 is 2.75 bits per heavy atom. The number of nitrogens with one attached hydrogen (secondary N) is 1. The molecule has 0 unspecified atom stereocenters. The van der Waals surface area contributed by atoms with Gasteiger partial charge in [0.15, 0.2) is 0 Å². The van der Waals surface area contributed by atoms with Crippen LogP contribution in [0.1, 0.15) is 12.8 Å². The summed E-state index contributed by atoms with van der Waals surface area (Å²) in [6.45, 7) is 1.68. The highest BCUT2D eigenvalue weighted by atomic mass is 16.5. The van der Waals surface area contributed by atoms with Crippen LogP contribution in [0.15, 0.2) is 4.99 Å². The topological polar surface area (TPSA) is 48.7 Å². The van der Waals surface area contributed by atoms with Gasteiger partial charge in [-0.1, -0.05) is 0 Å². The molecule has 1 rings (SSSR count). The van der Waals surface area contributed by atoms with Gasteiger partial charge in [-0.05, 0) is 12.8 Å². The molecule has 0 bridgehead atoms. The van der Waals surface area contributed by atoms with E-state index >= 15 is 0 Å². The first-order chi connectivity index (χ1) is 5.84. The van der Waals surface area contributed by atoms with Crippen LogP contribution in [0.25, 0.3) is 0 Å². The number of aliphatic imine (C=N–C) groups is 1. The first kappa shape index (κ1) is 9.19. The van der Waals surface area contributed by atoms with Gasteiger partial charge in [0.2, 0.25) is 0 Å². The molecule has 1 saturated heterocycles. The quantitative estimate of drug-likeness (QED) is 0.500. The van der Waals surface area contributed by atoms with Crippen LogP contribution in [0.4, 0.5) is 0 Å². The van der Waals surface area contributed by atoms with Crippen LogP contribution in [0.5, 0.6) is 0 Å². The Hall–Kier alpha value is -0.900. The summed E-state index contributed by atoms with van der Waals surface area (Å²) < 4.78 is 5.24. The standard InChI is InChI=1S/C8H15N3O/c1-11(7-10-6-9)8-2-4-12-5-3-8/h6-9H,2-5H2,1H3. The van der Waals surface area contributed by atoms with Gasteiger partial charge in [0.05, 0.1) is 6.34 Å². The van der Waals surface area contributed by atoms with E-state index in [9.17, 15) is 0 Å². The van der Waals surface area contributed by atoms with E-state index in [0.29, 0.717) is 6.04 Å². The van der Waals surface area contributed by atoms with E-state index in [4.69, 9.17) is 10.1 Å². The lowest BCUT2D eigenvalue weighted by Gasteiger charge is -2.29. The van der Waals surface area contributed by atoms with Crippen molar-refractivity contribution in [3.05, 3.63) is 0 Å². The third-order valence-corrected chi connectivity index (χ3v) is 2.09. The minimum Gasteiger partial charge on any atom is -0.381 e. The van der Waals surface area contributed by atoms with Gasteiger partial charge in [-0.25, -0.2) is 4.99 Å². The van der Waals surface area contributed by atoms with Crippen molar-refractivity contribution in [2.24, 2.45) is 4.99 Å². The summed E-state index contributed by atoms with van der Waals surface area (Å²) in [5.74, 6) is 0. The third kappa shape index (κ3) is 2.62. The van der Waals surface area contributed by atoms with Crippen molar-refractivity contribution >= 4 is 12.7 Å². The second-order valence-electron chi connectivity index (χ2n) is 2.90. The fourth-order valence-corrected chi connectivity index (χ4v) is 1.33. The molecule has 1 aliphatic heterocycles. The van der Waals surface area contributed by atoms with E-state index in [1.165, 1.54) is 0 Å². The van der Waals surface area contributed by atoms with Gasteiger partial charge < -0.3 is 9.64 Å². The Labute approximate surface area is 72.7 Å². The molecule has 4 heteroatoms. The monoisotopic (exact) mass is 169 g/mol. The predicted molar refractivity (Wildman–Crippen MR) is 48.9 cm³/mol. The van der Waals surface area contributed by atoms with Gasteiger partial charge >= 0.3 is 0 Å². The summed E-state index contributed by atoms with van der Waals surface area (Å²) in [4.78, 5) is 5.80. The van der Waals surface area contributed by atoms with E-state index in [1.807, 2.05) is 11.9 Å². The number of nitrogens with zero attached hydrogens (tertiary/aromatic N) is 2. The van der Waals surface area contributed by atoms with E-state index in [0.717, 1.165) is 32.4 Å². The summed E-state index contributed by atoms with van der Waals surface area (Å²) >= 11 is 0. The minimum absolute atomic E-state index is 0.530. The smallest absolute Gasteiger partial charge is 0.108 e. The molecule has 68 valence electrons. The molecule has 0 spiro atoms. The van der Waals surface area contributed by atoms with Crippen molar-refractivity contribution in [2.75, 3.05) is 20.3 Å². The maximum Gasteiger partial charge on any atom is 0.108 e. The highest BCUT2D eigenvalue weighted by Crippen LogP contribution is 2.10. The third-order valence-electron chi connectivity index (χ3n) is 2.09. The van der Waals surface area contributed by atoms with Crippen LogP contribution < -0.4 is 0 Å². The molecular weight excluding hydrogens is 154 g/mol. The minimum atomic E-state index is 0.530. The fraction of sp³-hybridized carbons (Fsp3) is 0.750. The van der Waals surface area contributed by atoms with Crippen LogP contribution in [0, 0.1) is 5.41 Å². The second-order valence-corrected chi connectivity index (χ2v) is 2.90. The molecule has 0 atom stereocenters. The van der Waals surface area contributed by atoms with E-state index < -0.39 is 0 Å². The molecular formula is C8H15N3O. The lowest BCUT2D eigenvalue weighted by Crippen LogP contribution is -2.35. The Morgan fingerprint density at radius 2 is 2.17 bits per heavy atom. The summed E-state index contributed by atoms with van der Waals surface area (Å²) in [6, 6.07) is 0.530. The second kappa shape index (κ2) is 4.87. The van der Waals surface area contributed by atoms with Crippen molar-refractivity contribution < 1.29 is 4.74 Å². The Kier molecular flexibility index (Phi) is 3.73. The molecule has 4 nitrogen and oxygen atoms in total. The summed E-state index contributed by atoms with van der Waals surface area (Å²) in [5, 5.41) is 6.74. The van der Waals surface area contributed by atoms with Crippen LogP contribution >= 0.6 is 0 Å². The van der Waals surface area contributed by atoms with Gasteiger partial charge in [-0.15, -0.1) is 0 Å². The van der Waals surface area contributed by atoms with Crippen molar-refractivity contribution in [3.63, 3.8) is 0 Å². The first-order valence-electron chi connectivity index (χ1n) is 4.16. The maximum atomic E-state index is 6.74. The van der Waals surface area contributed by atoms with Gasteiger partial charge in [0, 0.05) is 26.3 Å². The normalized spacial score (nSPS) is 19.8. The fourth-order valence-electron chi connectivity index (χ4n) is 1.33. The van der Waals surface area contributed by atoms with E-state index in [2.05, 4.69) is 4.99 Å². The summed E-state index contributed by atoms with van der Waals surface area (Å²) in [6.07, 6.45) is 4.86. The summed E-state index contributed by atoms with van der Waals surface area (Å²) in [5.41, 5.74) is 0. The van der Waals surface area contributed by atoms with Crippen molar-refractivity contribution in [3.8, 4) is 0 Å². The van der Waals surface area contributed by atoms with Gasteiger partial charge in [0.25, 0.3) is 0 Å². The predicted octanol–water partition coefficient (Wildman–Crippen LogP) is 0.733. The average Bonchev–Trinajstić information content (AvgIpc) is 2.15. The zero-order chi connectivity index (χ0) is 8.81. The molecule has 0 aliphatic carbocycles. The molecule has 0 radical (unpaired) electrons. The molecule has 1 fully saturated rings. The molecule has 0 saturated carbocycles. The lowest BCUT2D eigenvalue weighted by atomic mass is 10.1. The zero-order valence-corrected chi connectivity index (χ0v) is 7.36. The Morgan fingerprint density at radius 1 is 1.50 bits per heavy atom. The van der Waals surface area contributed by atoms with Crippen LogP contribution in [-0.4, -0.2) is 43.9 Å². The molecule has 1 heterocycles. The molecule has 0 aromatic heterocycles. The number of hydrogen-bond acceptors (Lipinski definition) is 2. The molecule has 1 N–H and O–H groups in total. The molecule has 0 amide bonds. The van der Waals surface area contributed by atoms with Crippen LogP contribution in [-0.2, 0) is 4.74 Å². The molecule has 0 aromatic rings. The molecule has 12 heavy (non-hydrogen) atoms. The molecule has 0 aromatic carbocycles. The number of hydrogen-bond donors (Lipinski definition) is 1.